The van der Waals surface area contributed by atoms with Crippen molar-refractivity contribution >= 4 is 15.9 Å². The van der Waals surface area contributed by atoms with Gasteiger partial charge in [-0.05, 0) is 26.3 Å². The second-order valence-electron chi connectivity index (χ2n) is 5.20. The van der Waals surface area contributed by atoms with E-state index in [0.717, 1.165) is 27.5 Å². The van der Waals surface area contributed by atoms with Crippen LogP contribution in [-0.2, 0) is 21.4 Å². The molecule has 0 radical (unpaired) electrons. The highest BCUT2D eigenvalue weighted by Gasteiger charge is 2.12. The van der Waals surface area contributed by atoms with Crippen molar-refractivity contribution in [2.75, 3.05) is 26.4 Å². The molecule has 7 nitrogen and oxygen atoms in total. The number of amides is 1. The van der Waals surface area contributed by atoms with Crippen molar-refractivity contribution < 1.29 is 13.2 Å². The lowest BCUT2D eigenvalue weighted by Crippen LogP contribution is -2.33. The number of carbonyl (C=O) groups excluding carboxylic acids is 1. The lowest BCUT2D eigenvalue weighted by Gasteiger charge is -2.13. The molecule has 0 spiro atoms. The molecule has 1 aromatic rings. The maximum Gasteiger partial charge on any atom is 0.221 e. The van der Waals surface area contributed by atoms with Gasteiger partial charge >= 0.3 is 0 Å². The Bertz CT molecular complexity index is 607. The zero-order valence-electron chi connectivity index (χ0n) is 13.3. The average molecular weight is 316 g/mol. The highest BCUT2D eigenvalue weighted by Crippen LogP contribution is 2.10. The monoisotopic (exact) mass is 316 g/mol. The summed E-state index contributed by atoms with van der Waals surface area (Å²) < 4.78 is 25.4. The van der Waals surface area contributed by atoms with Crippen molar-refractivity contribution in [2.45, 2.75) is 33.7 Å². The minimum Gasteiger partial charge on any atom is -0.354 e. The van der Waals surface area contributed by atoms with Crippen molar-refractivity contribution in [1.29, 1.82) is 0 Å². The fourth-order valence-corrected chi connectivity index (χ4v) is 2.24. The number of aryl methyl sites for hydroxylation is 1. The van der Waals surface area contributed by atoms with Gasteiger partial charge < -0.3 is 5.32 Å². The summed E-state index contributed by atoms with van der Waals surface area (Å²) >= 11 is 0. The lowest BCUT2D eigenvalue weighted by atomic mass is 10.2. The topological polar surface area (TPSA) is 84.3 Å². The molecule has 1 rings (SSSR count). The summed E-state index contributed by atoms with van der Waals surface area (Å²) in [5.41, 5.74) is 3.25. The van der Waals surface area contributed by atoms with E-state index in [2.05, 4.69) is 10.4 Å². The second kappa shape index (κ2) is 7.04. The molecule has 1 aromatic heterocycles. The van der Waals surface area contributed by atoms with Gasteiger partial charge in [-0.3, -0.25) is 9.48 Å². The van der Waals surface area contributed by atoms with Crippen LogP contribution in [0.3, 0.4) is 0 Å². The van der Waals surface area contributed by atoms with E-state index in [1.54, 1.807) is 0 Å². The maximum absolute atomic E-state index is 11.7. The minimum atomic E-state index is -3.23. The van der Waals surface area contributed by atoms with E-state index in [9.17, 15) is 13.2 Å². The van der Waals surface area contributed by atoms with Crippen LogP contribution in [0.25, 0.3) is 0 Å². The molecule has 21 heavy (non-hydrogen) atoms. The van der Waals surface area contributed by atoms with Crippen LogP contribution < -0.4 is 5.32 Å². The molecular formula is C13H24N4O3S. The van der Waals surface area contributed by atoms with E-state index in [1.807, 2.05) is 25.5 Å². The lowest BCUT2D eigenvalue weighted by molar-refractivity contribution is -0.121. The molecule has 0 bridgehead atoms. The van der Waals surface area contributed by atoms with E-state index >= 15 is 0 Å². The van der Waals surface area contributed by atoms with Gasteiger partial charge in [-0.1, -0.05) is 0 Å². The summed E-state index contributed by atoms with van der Waals surface area (Å²) in [7, 11) is -1.77. The number of hydrogen-bond donors (Lipinski definition) is 1. The van der Waals surface area contributed by atoms with Crippen LogP contribution >= 0.6 is 0 Å². The van der Waals surface area contributed by atoms with Crippen LogP contribution in [-0.4, -0.2) is 54.8 Å². The number of rotatable bonds is 7. The van der Waals surface area contributed by atoms with E-state index in [4.69, 9.17) is 0 Å². The molecule has 0 aromatic carbocycles. The fourth-order valence-electron chi connectivity index (χ4n) is 1.82. The summed E-state index contributed by atoms with van der Waals surface area (Å²) in [5.74, 6) is -0.163. The Hall–Kier alpha value is -1.41. The predicted molar refractivity (Wildman–Crippen MR) is 81.5 cm³/mol. The van der Waals surface area contributed by atoms with Gasteiger partial charge in [0.15, 0.2) is 0 Å². The number of nitrogens with zero attached hydrogens (tertiary/aromatic N) is 3. The Labute approximate surface area is 126 Å². The number of sulfonamides is 1. The molecule has 0 saturated carbocycles. The third-order valence-corrected chi connectivity index (χ3v) is 4.92. The average Bonchev–Trinajstić information content (AvgIpc) is 2.62. The third-order valence-electron chi connectivity index (χ3n) is 3.61. The normalized spacial score (nSPS) is 11.9. The molecule has 0 fully saturated rings. The van der Waals surface area contributed by atoms with Crippen LogP contribution in [0.4, 0.5) is 0 Å². The third kappa shape index (κ3) is 5.13. The number of aromatic nitrogens is 2. The minimum absolute atomic E-state index is 0.152. The van der Waals surface area contributed by atoms with Crippen molar-refractivity contribution in [3.05, 3.63) is 17.0 Å². The fraction of sp³-hybridized carbons (Fsp3) is 0.692. The molecule has 0 unspecified atom stereocenters. The van der Waals surface area contributed by atoms with Gasteiger partial charge in [0.05, 0.1) is 18.5 Å². The van der Waals surface area contributed by atoms with E-state index < -0.39 is 10.0 Å². The smallest absolute Gasteiger partial charge is 0.221 e. The van der Waals surface area contributed by atoms with Gasteiger partial charge in [-0.25, -0.2) is 12.7 Å². The molecule has 1 heterocycles. The first-order valence-electron chi connectivity index (χ1n) is 6.81. The van der Waals surface area contributed by atoms with Crippen LogP contribution in [0.1, 0.15) is 23.4 Å². The first-order chi connectivity index (χ1) is 9.62. The largest absolute Gasteiger partial charge is 0.354 e. The first kappa shape index (κ1) is 17.6. The highest BCUT2D eigenvalue weighted by atomic mass is 32.2. The zero-order chi connectivity index (χ0) is 16.2. The van der Waals surface area contributed by atoms with E-state index in [0.29, 0.717) is 13.1 Å². The quantitative estimate of drug-likeness (QED) is 0.779. The first-order valence-corrected chi connectivity index (χ1v) is 8.66. The van der Waals surface area contributed by atoms with Gasteiger partial charge in [-0.2, -0.15) is 5.10 Å². The van der Waals surface area contributed by atoms with Crippen LogP contribution in [0.15, 0.2) is 0 Å². The van der Waals surface area contributed by atoms with Crippen LogP contribution in [0.5, 0.6) is 0 Å². The summed E-state index contributed by atoms with van der Waals surface area (Å²) in [5, 5.41) is 7.16. The van der Waals surface area contributed by atoms with Crippen molar-refractivity contribution in [1.82, 2.24) is 19.4 Å². The molecule has 0 aliphatic carbocycles. The molecule has 0 aliphatic rings. The predicted octanol–water partition coefficient (Wildman–Crippen LogP) is 0.206. The summed E-state index contributed by atoms with van der Waals surface area (Å²) in [6.45, 7) is 7.24. The molecule has 1 N–H and O–H groups in total. The highest BCUT2D eigenvalue weighted by molar-refractivity contribution is 7.88. The molecule has 0 saturated heterocycles. The maximum atomic E-state index is 11.7. The molecule has 120 valence electrons. The Kier molecular flexibility index (Phi) is 5.91. The van der Waals surface area contributed by atoms with Crippen molar-refractivity contribution in [3.8, 4) is 0 Å². The number of carbonyl (C=O) groups is 1. The molecule has 8 heteroatoms. The van der Waals surface area contributed by atoms with Crippen LogP contribution in [0, 0.1) is 20.8 Å². The van der Waals surface area contributed by atoms with E-state index in [1.165, 1.54) is 7.05 Å². The van der Waals surface area contributed by atoms with Crippen molar-refractivity contribution in [2.24, 2.45) is 0 Å². The Morgan fingerprint density at radius 2 is 1.95 bits per heavy atom. The molecule has 0 atom stereocenters. The number of hydrogen-bond acceptors (Lipinski definition) is 4. The van der Waals surface area contributed by atoms with Gasteiger partial charge in [0.2, 0.25) is 15.9 Å². The number of nitrogens with one attached hydrogen (secondary N) is 1. The summed E-state index contributed by atoms with van der Waals surface area (Å²) in [4.78, 5) is 11.7. The van der Waals surface area contributed by atoms with Gasteiger partial charge in [0.25, 0.3) is 0 Å². The van der Waals surface area contributed by atoms with Gasteiger partial charge in [-0.15, -0.1) is 0 Å². The molecule has 1 amide bonds. The van der Waals surface area contributed by atoms with Crippen molar-refractivity contribution in [3.63, 3.8) is 0 Å². The Morgan fingerprint density at radius 3 is 2.43 bits per heavy atom. The van der Waals surface area contributed by atoms with Gasteiger partial charge in [0, 0.05) is 32.3 Å². The van der Waals surface area contributed by atoms with Gasteiger partial charge in [0.1, 0.15) is 0 Å². The zero-order valence-corrected chi connectivity index (χ0v) is 14.1. The second-order valence-corrected chi connectivity index (χ2v) is 7.29. The Morgan fingerprint density at radius 1 is 1.33 bits per heavy atom. The standard InChI is InChI=1S/C13H24N4O3S/c1-10-11(2)15-17(12(10)3)9-7-14-13(18)6-8-16(4)21(5,19)20/h6-9H2,1-5H3,(H,14,18). The molecular weight excluding hydrogens is 292 g/mol. The van der Waals surface area contributed by atoms with E-state index in [-0.39, 0.29) is 18.9 Å². The SMILES string of the molecule is Cc1nn(CCNC(=O)CCN(C)S(C)(=O)=O)c(C)c1C. The summed E-state index contributed by atoms with van der Waals surface area (Å²) in [6, 6.07) is 0. The molecule has 0 aliphatic heterocycles. The summed E-state index contributed by atoms with van der Waals surface area (Å²) in [6.07, 6.45) is 1.27. The Balaban J connectivity index is 2.36. The van der Waals surface area contributed by atoms with Crippen LogP contribution in [0.2, 0.25) is 0 Å².